The molecule has 2 aromatic rings. The van der Waals surface area contributed by atoms with E-state index in [-0.39, 0.29) is 10.4 Å². The Hall–Kier alpha value is -1.88. The van der Waals surface area contributed by atoms with Gasteiger partial charge in [0, 0.05) is 16.9 Å². The summed E-state index contributed by atoms with van der Waals surface area (Å²) in [5, 5.41) is 2.82. The van der Waals surface area contributed by atoms with E-state index >= 15 is 0 Å². The second-order valence-electron chi connectivity index (χ2n) is 4.55. The zero-order valence-electron chi connectivity index (χ0n) is 11.1. The van der Waals surface area contributed by atoms with Gasteiger partial charge in [0.05, 0.1) is 4.47 Å². The van der Waals surface area contributed by atoms with Gasteiger partial charge in [0.2, 0.25) is 0 Å². The Bertz CT molecular complexity index is 686. The Kier molecular flexibility index (Phi) is 4.09. The van der Waals surface area contributed by atoms with Crippen LogP contribution in [0.15, 0.2) is 34.8 Å². The van der Waals surface area contributed by atoms with Gasteiger partial charge in [0.15, 0.2) is 0 Å². The average Bonchev–Trinajstić information content (AvgIpc) is 2.42. The fraction of sp³-hybridized carbons (Fsp3) is 0.133. The van der Waals surface area contributed by atoms with Crippen LogP contribution >= 0.6 is 15.9 Å². The van der Waals surface area contributed by atoms with E-state index in [1.807, 2.05) is 19.9 Å². The number of rotatable bonds is 2. The summed E-state index contributed by atoms with van der Waals surface area (Å²) >= 11 is 3.07. The average molecular weight is 337 g/mol. The van der Waals surface area contributed by atoms with Crippen molar-refractivity contribution in [1.29, 1.82) is 0 Å². The highest BCUT2D eigenvalue weighted by Crippen LogP contribution is 2.26. The summed E-state index contributed by atoms with van der Waals surface area (Å²) in [5.74, 6) is -0.708. The zero-order valence-corrected chi connectivity index (χ0v) is 12.7. The molecule has 0 aliphatic carbocycles. The van der Waals surface area contributed by atoms with Crippen LogP contribution in [0.3, 0.4) is 0 Å². The lowest BCUT2D eigenvalue weighted by Gasteiger charge is -2.13. The maximum Gasteiger partial charge on any atom is 0.255 e. The van der Waals surface area contributed by atoms with Gasteiger partial charge in [-0.3, -0.25) is 4.79 Å². The number of nitrogens with two attached hydrogens (primary N) is 1. The molecule has 3 N–H and O–H groups in total. The van der Waals surface area contributed by atoms with Crippen molar-refractivity contribution in [3.63, 3.8) is 0 Å². The largest absolute Gasteiger partial charge is 0.398 e. The molecule has 0 bridgehead atoms. The van der Waals surface area contributed by atoms with Gasteiger partial charge in [0.25, 0.3) is 5.91 Å². The highest BCUT2D eigenvalue weighted by atomic mass is 79.9. The summed E-state index contributed by atoms with van der Waals surface area (Å²) in [6.45, 7) is 3.74. The minimum Gasteiger partial charge on any atom is -0.398 e. The Morgan fingerprint density at radius 3 is 2.60 bits per heavy atom. The number of anilines is 2. The van der Waals surface area contributed by atoms with Crippen molar-refractivity contribution in [2.75, 3.05) is 11.1 Å². The summed E-state index contributed by atoms with van der Waals surface area (Å²) in [5.41, 5.74) is 9.26. The SMILES string of the molecule is Cc1ccc(N)c(C)c1NC(=O)c1ccc(F)c(Br)c1. The minimum absolute atomic E-state index is 0.256. The first-order chi connectivity index (χ1) is 9.40. The molecule has 0 atom stereocenters. The van der Waals surface area contributed by atoms with Crippen LogP contribution in [0.4, 0.5) is 15.8 Å². The Labute approximate surface area is 125 Å². The molecule has 0 aliphatic heterocycles. The van der Waals surface area contributed by atoms with Gasteiger partial charge in [-0.1, -0.05) is 6.07 Å². The number of benzene rings is 2. The van der Waals surface area contributed by atoms with Gasteiger partial charge in [-0.15, -0.1) is 0 Å². The molecule has 0 radical (unpaired) electrons. The number of halogens is 2. The number of aryl methyl sites for hydroxylation is 1. The molecule has 0 fully saturated rings. The Morgan fingerprint density at radius 1 is 1.25 bits per heavy atom. The van der Waals surface area contributed by atoms with Crippen LogP contribution in [0.1, 0.15) is 21.5 Å². The molecule has 1 amide bonds. The second-order valence-corrected chi connectivity index (χ2v) is 5.41. The number of amides is 1. The Morgan fingerprint density at radius 2 is 1.95 bits per heavy atom. The maximum atomic E-state index is 13.2. The topological polar surface area (TPSA) is 55.1 Å². The third-order valence-electron chi connectivity index (χ3n) is 3.14. The smallest absolute Gasteiger partial charge is 0.255 e. The number of hydrogen-bond donors (Lipinski definition) is 2. The van der Waals surface area contributed by atoms with E-state index in [1.54, 1.807) is 6.07 Å². The molecule has 0 saturated carbocycles. The van der Waals surface area contributed by atoms with Gasteiger partial charge in [-0.2, -0.15) is 0 Å². The van der Waals surface area contributed by atoms with Crippen LogP contribution in [0, 0.1) is 19.7 Å². The molecule has 2 rings (SSSR count). The first-order valence-electron chi connectivity index (χ1n) is 6.02. The van der Waals surface area contributed by atoms with Crippen molar-refractivity contribution < 1.29 is 9.18 Å². The van der Waals surface area contributed by atoms with Crippen molar-refractivity contribution in [2.45, 2.75) is 13.8 Å². The van der Waals surface area contributed by atoms with Crippen molar-refractivity contribution in [2.24, 2.45) is 0 Å². The van der Waals surface area contributed by atoms with E-state index in [1.165, 1.54) is 18.2 Å². The molecule has 0 unspecified atom stereocenters. The predicted octanol–water partition coefficient (Wildman–Crippen LogP) is 4.04. The lowest BCUT2D eigenvalue weighted by Crippen LogP contribution is -2.14. The van der Waals surface area contributed by atoms with Crippen molar-refractivity contribution in [3.05, 3.63) is 57.3 Å². The fourth-order valence-electron chi connectivity index (χ4n) is 1.88. The van der Waals surface area contributed by atoms with Gasteiger partial charge in [0.1, 0.15) is 5.82 Å². The monoisotopic (exact) mass is 336 g/mol. The van der Waals surface area contributed by atoms with Crippen molar-refractivity contribution in [3.8, 4) is 0 Å². The molecule has 5 heteroatoms. The minimum atomic E-state index is -0.405. The Balaban J connectivity index is 2.32. The van der Waals surface area contributed by atoms with E-state index in [4.69, 9.17) is 5.73 Å². The summed E-state index contributed by atoms with van der Waals surface area (Å²) < 4.78 is 13.4. The fourth-order valence-corrected chi connectivity index (χ4v) is 2.26. The molecule has 3 nitrogen and oxygen atoms in total. The van der Waals surface area contributed by atoms with E-state index in [9.17, 15) is 9.18 Å². The number of hydrogen-bond acceptors (Lipinski definition) is 2. The molecule has 104 valence electrons. The lowest BCUT2D eigenvalue weighted by atomic mass is 10.1. The standard InChI is InChI=1S/C15H14BrFN2O/c1-8-3-6-13(18)9(2)14(8)19-15(20)10-4-5-12(17)11(16)7-10/h3-7H,18H2,1-2H3,(H,19,20). The molecule has 0 aliphatic rings. The summed E-state index contributed by atoms with van der Waals surface area (Å²) in [6.07, 6.45) is 0. The second kappa shape index (κ2) is 5.63. The van der Waals surface area contributed by atoms with Crippen LogP contribution in [0.5, 0.6) is 0 Å². The molecule has 0 heterocycles. The maximum absolute atomic E-state index is 13.2. The van der Waals surface area contributed by atoms with Gasteiger partial charge >= 0.3 is 0 Å². The highest BCUT2D eigenvalue weighted by molar-refractivity contribution is 9.10. The number of nitrogen functional groups attached to an aromatic ring is 1. The van der Waals surface area contributed by atoms with Gasteiger partial charge in [-0.05, 0) is 65.2 Å². The number of carbonyl (C=O) groups is 1. The molecular weight excluding hydrogens is 323 g/mol. The molecule has 20 heavy (non-hydrogen) atoms. The normalized spacial score (nSPS) is 10.4. The summed E-state index contributed by atoms with van der Waals surface area (Å²) in [6, 6.07) is 7.78. The lowest BCUT2D eigenvalue weighted by molar-refractivity contribution is 0.102. The molecule has 0 saturated heterocycles. The predicted molar refractivity (Wildman–Crippen MR) is 82.4 cm³/mol. The molecule has 0 aromatic heterocycles. The molecule has 0 spiro atoms. The van der Waals surface area contributed by atoms with E-state index in [0.29, 0.717) is 16.9 Å². The first kappa shape index (κ1) is 14.5. The van der Waals surface area contributed by atoms with Crippen LogP contribution in [-0.4, -0.2) is 5.91 Å². The summed E-state index contributed by atoms with van der Waals surface area (Å²) in [7, 11) is 0. The van der Waals surface area contributed by atoms with Crippen molar-refractivity contribution in [1.82, 2.24) is 0 Å². The van der Waals surface area contributed by atoms with E-state index in [0.717, 1.165) is 11.1 Å². The van der Waals surface area contributed by atoms with E-state index < -0.39 is 5.82 Å². The van der Waals surface area contributed by atoms with Crippen LogP contribution in [-0.2, 0) is 0 Å². The highest BCUT2D eigenvalue weighted by Gasteiger charge is 2.12. The first-order valence-corrected chi connectivity index (χ1v) is 6.81. The zero-order chi connectivity index (χ0) is 14.9. The summed E-state index contributed by atoms with van der Waals surface area (Å²) in [4.78, 5) is 12.2. The van der Waals surface area contributed by atoms with Crippen LogP contribution < -0.4 is 11.1 Å². The number of nitrogens with one attached hydrogen (secondary N) is 1. The van der Waals surface area contributed by atoms with Crippen LogP contribution in [0.2, 0.25) is 0 Å². The quantitative estimate of drug-likeness (QED) is 0.813. The van der Waals surface area contributed by atoms with Crippen LogP contribution in [0.25, 0.3) is 0 Å². The molecule has 2 aromatic carbocycles. The van der Waals surface area contributed by atoms with E-state index in [2.05, 4.69) is 21.2 Å². The van der Waals surface area contributed by atoms with Gasteiger partial charge < -0.3 is 11.1 Å². The number of carbonyl (C=O) groups excluding carboxylic acids is 1. The van der Waals surface area contributed by atoms with Crippen molar-refractivity contribution >= 4 is 33.2 Å². The third kappa shape index (κ3) is 2.82. The molecular formula is C15H14BrFN2O. The van der Waals surface area contributed by atoms with Gasteiger partial charge in [-0.25, -0.2) is 4.39 Å². The third-order valence-corrected chi connectivity index (χ3v) is 3.74.